The van der Waals surface area contributed by atoms with E-state index in [1.807, 2.05) is 80.6 Å². The van der Waals surface area contributed by atoms with Crippen LogP contribution in [0.1, 0.15) is 22.7 Å². The molecule has 1 unspecified atom stereocenters. The van der Waals surface area contributed by atoms with E-state index >= 15 is 0 Å². The average Bonchev–Trinajstić information content (AvgIpc) is 3.38. The molecule has 168 valence electrons. The van der Waals surface area contributed by atoms with Crippen LogP contribution in [-0.2, 0) is 4.79 Å². The van der Waals surface area contributed by atoms with Crippen molar-refractivity contribution in [3.63, 3.8) is 0 Å². The molecule has 0 aliphatic heterocycles. The maximum atomic E-state index is 13.9. The maximum absolute atomic E-state index is 13.9. The standard InChI is InChI=1S/C28H23N3O3/c1-18-10-8-11-19(2)24(18)30-27(32)26(20-12-4-3-5-13-20)31-22-15-7-6-14-21(22)29-25(28(31)33)23-16-9-17-34-23/h3-17,26H,1-2H3,(H,30,32). The minimum absolute atomic E-state index is 0.157. The van der Waals surface area contributed by atoms with Gasteiger partial charge in [-0.25, -0.2) is 4.98 Å². The fourth-order valence-corrected chi connectivity index (χ4v) is 4.24. The van der Waals surface area contributed by atoms with Crippen molar-refractivity contribution >= 4 is 22.6 Å². The molecule has 3 aromatic carbocycles. The lowest BCUT2D eigenvalue weighted by Crippen LogP contribution is -2.35. The van der Waals surface area contributed by atoms with Crippen molar-refractivity contribution in [3.05, 3.63) is 118 Å². The van der Waals surface area contributed by atoms with Gasteiger partial charge in [0, 0.05) is 5.69 Å². The van der Waals surface area contributed by atoms with Crippen molar-refractivity contribution in [2.45, 2.75) is 19.9 Å². The number of rotatable bonds is 5. The number of aryl methyl sites for hydroxylation is 2. The summed E-state index contributed by atoms with van der Waals surface area (Å²) in [6.07, 6.45) is 1.50. The van der Waals surface area contributed by atoms with Crippen molar-refractivity contribution in [2.75, 3.05) is 5.32 Å². The summed E-state index contributed by atoms with van der Waals surface area (Å²) in [5, 5.41) is 3.08. The second-order valence-corrected chi connectivity index (χ2v) is 8.17. The van der Waals surface area contributed by atoms with Gasteiger partial charge in [-0.05, 0) is 54.8 Å². The SMILES string of the molecule is Cc1cccc(C)c1NC(=O)C(c1ccccc1)n1c(=O)c(-c2ccco2)nc2ccccc21. The molecular weight excluding hydrogens is 426 g/mol. The summed E-state index contributed by atoms with van der Waals surface area (Å²) in [5.74, 6) is 0.0407. The van der Waals surface area contributed by atoms with Crippen LogP contribution in [-0.4, -0.2) is 15.5 Å². The molecule has 1 atom stereocenters. The molecule has 0 radical (unpaired) electrons. The second kappa shape index (κ2) is 8.83. The van der Waals surface area contributed by atoms with E-state index in [1.54, 1.807) is 18.2 Å². The summed E-state index contributed by atoms with van der Waals surface area (Å²) in [7, 11) is 0. The van der Waals surface area contributed by atoms with Crippen LogP contribution >= 0.6 is 0 Å². The van der Waals surface area contributed by atoms with Crippen LogP contribution in [0.4, 0.5) is 5.69 Å². The first kappa shape index (κ1) is 21.4. The Balaban J connectivity index is 1.76. The molecule has 0 aliphatic rings. The van der Waals surface area contributed by atoms with Gasteiger partial charge in [0.05, 0.1) is 17.3 Å². The highest BCUT2D eigenvalue weighted by atomic mass is 16.3. The van der Waals surface area contributed by atoms with Crippen LogP contribution in [0.2, 0.25) is 0 Å². The third-order valence-electron chi connectivity index (χ3n) is 5.90. The van der Waals surface area contributed by atoms with Gasteiger partial charge in [0.1, 0.15) is 6.04 Å². The first-order chi connectivity index (χ1) is 16.5. The molecule has 6 heteroatoms. The van der Waals surface area contributed by atoms with E-state index in [2.05, 4.69) is 10.3 Å². The fraction of sp³-hybridized carbons (Fsp3) is 0.107. The number of carbonyl (C=O) groups is 1. The Hall–Kier alpha value is -4.45. The van der Waals surface area contributed by atoms with Crippen LogP contribution in [0.5, 0.6) is 0 Å². The van der Waals surface area contributed by atoms with Crippen LogP contribution in [0.15, 0.2) is 100 Å². The number of benzene rings is 3. The van der Waals surface area contributed by atoms with Gasteiger partial charge in [-0.2, -0.15) is 0 Å². The third kappa shape index (κ3) is 3.79. The molecule has 34 heavy (non-hydrogen) atoms. The van der Waals surface area contributed by atoms with Crippen LogP contribution < -0.4 is 10.9 Å². The van der Waals surface area contributed by atoms with Crippen molar-refractivity contribution in [1.29, 1.82) is 0 Å². The summed E-state index contributed by atoms with van der Waals surface area (Å²) in [4.78, 5) is 32.3. The first-order valence-electron chi connectivity index (χ1n) is 11.0. The van der Waals surface area contributed by atoms with Crippen LogP contribution in [0, 0.1) is 13.8 Å². The van der Waals surface area contributed by atoms with E-state index in [-0.39, 0.29) is 11.6 Å². The summed E-state index contributed by atoms with van der Waals surface area (Å²) in [5.41, 5.74) is 4.24. The lowest BCUT2D eigenvalue weighted by atomic mass is 10.0. The van der Waals surface area contributed by atoms with Gasteiger partial charge in [-0.3, -0.25) is 14.2 Å². The molecule has 1 amide bonds. The summed E-state index contributed by atoms with van der Waals surface area (Å²) < 4.78 is 7.01. The molecule has 2 heterocycles. The molecule has 0 fully saturated rings. The summed E-state index contributed by atoms with van der Waals surface area (Å²) in [6.45, 7) is 3.90. The minimum Gasteiger partial charge on any atom is -0.463 e. The molecule has 0 bridgehead atoms. The van der Waals surface area contributed by atoms with Gasteiger partial charge >= 0.3 is 0 Å². The Kier molecular flexibility index (Phi) is 5.55. The molecule has 0 aliphatic carbocycles. The van der Waals surface area contributed by atoms with E-state index in [4.69, 9.17) is 4.42 Å². The van der Waals surface area contributed by atoms with Gasteiger partial charge in [0.2, 0.25) is 0 Å². The molecule has 0 spiro atoms. The number of para-hydroxylation sites is 3. The molecule has 6 nitrogen and oxygen atoms in total. The number of fused-ring (bicyclic) bond motifs is 1. The lowest BCUT2D eigenvalue weighted by Gasteiger charge is -2.23. The number of amides is 1. The summed E-state index contributed by atoms with van der Waals surface area (Å²) in [6, 6.07) is 24.9. The number of nitrogens with zero attached hydrogens (tertiary/aromatic N) is 2. The Morgan fingerprint density at radius 1 is 0.882 bits per heavy atom. The predicted octanol–water partition coefficient (Wildman–Crippen LogP) is 5.50. The highest BCUT2D eigenvalue weighted by Crippen LogP contribution is 2.27. The predicted molar refractivity (Wildman–Crippen MR) is 133 cm³/mol. The van der Waals surface area contributed by atoms with Gasteiger partial charge in [-0.15, -0.1) is 0 Å². The van der Waals surface area contributed by atoms with Gasteiger partial charge < -0.3 is 9.73 Å². The van der Waals surface area contributed by atoms with E-state index < -0.39 is 11.6 Å². The number of nitrogens with one attached hydrogen (secondary N) is 1. The van der Waals surface area contributed by atoms with Crippen molar-refractivity contribution in [1.82, 2.24) is 9.55 Å². The topological polar surface area (TPSA) is 77.1 Å². The molecular formula is C28H23N3O3. The average molecular weight is 450 g/mol. The Bertz CT molecular complexity index is 1520. The van der Waals surface area contributed by atoms with Gasteiger partial charge in [0.15, 0.2) is 11.5 Å². The van der Waals surface area contributed by atoms with Crippen LogP contribution in [0.25, 0.3) is 22.5 Å². The van der Waals surface area contributed by atoms with Crippen molar-refractivity contribution in [2.24, 2.45) is 0 Å². The molecule has 5 aromatic rings. The number of furan rings is 1. The number of aromatic nitrogens is 2. The molecule has 0 saturated carbocycles. The summed E-state index contributed by atoms with van der Waals surface area (Å²) >= 11 is 0. The van der Waals surface area contributed by atoms with Gasteiger partial charge in [-0.1, -0.05) is 60.7 Å². The smallest absolute Gasteiger partial charge is 0.281 e. The third-order valence-corrected chi connectivity index (χ3v) is 5.90. The monoisotopic (exact) mass is 449 g/mol. The largest absolute Gasteiger partial charge is 0.463 e. The molecule has 5 rings (SSSR count). The minimum atomic E-state index is -0.922. The Labute approximate surface area is 196 Å². The maximum Gasteiger partial charge on any atom is 0.281 e. The highest BCUT2D eigenvalue weighted by molar-refractivity contribution is 5.98. The Morgan fingerprint density at radius 2 is 1.59 bits per heavy atom. The fourth-order valence-electron chi connectivity index (χ4n) is 4.24. The van der Waals surface area contributed by atoms with Gasteiger partial charge in [0.25, 0.3) is 11.5 Å². The number of hydrogen-bond donors (Lipinski definition) is 1. The second-order valence-electron chi connectivity index (χ2n) is 8.17. The zero-order valence-electron chi connectivity index (χ0n) is 18.9. The first-order valence-corrected chi connectivity index (χ1v) is 11.0. The molecule has 0 saturated heterocycles. The normalized spacial score (nSPS) is 11.9. The van der Waals surface area contributed by atoms with Crippen molar-refractivity contribution < 1.29 is 9.21 Å². The number of carbonyl (C=O) groups excluding carboxylic acids is 1. The molecule has 1 N–H and O–H groups in total. The highest BCUT2D eigenvalue weighted by Gasteiger charge is 2.28. The quantitative estimate of drug-likeness (QED) is 0.384. The zero-order chi connectivity index (χ0) is 23.7. The van der Waals surface area contributed by atoms with E-state index in [0.717, 1.165) is 16.8 Å². The number of anilines is 1. The Morgan fingerprint density at radius 3 is 2.29 bits per heavy atom. The van der Waals surface area contributed by atoms with Crippen LogP contribution in [0.3, 0.4) is 0 Å². The van der Waals surface area contributed by atoms with E-state index in [1.165, 1.54) is 10.8 Å². The molecule has 2 aromatic heterocycles. The van der Waals surface area contributed by atoms with E-state index in [0.29, 0.717) is 22.4 Å². The van der Waals surface area contributed by atoms with Crippen molar-refractivity contribution in [3.8, 4) is 11.5 Å². The van der Waals surface area contributed by atoms with E-state index in [9.17, 15) is 9.59 Å². The lowest BCUT2D eigenvalue weighted by molar-refractivity contribution is -0.118. The zero-order valence-corrected chi connectivity index (χ0v) is 18.9. The number of hydrogen-bond acceptors (Lipinski definition) is 4.